The number of rotatable bonds is 3. The summed E-state index contributed by atoms with van der Waals surface area (Å²) >= 11 is 6.15. The SMILES string of the molecule is Cc1cccc(C(=O)NCC2(N)CCCCC2)c1Cl.Cl. The normalized spacial score (nSPS) is 17.1. The van der Waals surface area contributed by atoms with Gasteiger partial charge in [0, 0.05) is 12.1 Å². The quantitative estimate of drug-likeness (QED) is 0.897. The van der Waals surface area contributed by atoms with Gasteiger partial charge >= 0.3 is 0 Å². The summed E-state index contributed by atoms with van der Waals surface area (Å²) in [5, 5.41) is 3.45. The van der Waals surface area contributed by atoms with E-state index in [4.69, 9.17) is 17.3 Å². The minimum atomic E-state index is -0.246. The van der Waals surface area contributed by atoms with Gasteiger partial charge in [0.2, 0.25) is 0 Å². The van der Waals surface area contributed by atoms with E-state index in [-0.39, 0.29) is 23.9 Å². The fourth-order valence-electron chi connectivity index (χ4n) is 2.61. The number of nitrogens with one attached hydrogen (secondary N) is 1. The molecule has 1 aromatic carbocycles. The number of nitrogens with two attached hydrogens (primary N) is 1. The molecule has 0 unspecified atom stereocenters. The Hall–Kier alpha value is -0.770. The largest absolute Gasteiger partial charge is 0.350 e. The van der Waals surface area contributed by atoms with E-state index >= 15 is 0 Å². The number of amides is 1. The molecule has 1 amide bonds. The van der Waals surface area contributed by atoms with E-state index in [0.717, 1.165) is 31.2 Å². The van der Waals surface area contributed by atoms with Gasteiger partial charge in [0.05, 0.1) is 10.6 Å². The number of hydrogen-bond acceptors (Lipinski definition) is 2. The van der Waals surface area contributed by atoms with E-state index in [2.05, 4.69) is 5.32 Å². The Morgan fingerprint density at radius 2 is 2.00 bits per heavy atom. The number of aryl methyl sites for hydroxylation is 1. The van der Waals surface area contributed by atoms with Gasteiger partial charge in [-0.15, -0.1) is 12.4 Å². The Balaban J connectivity index is 0.00000200. The fourth-order valence-corrected chi connectivity index (χ4v) is 2.82. The smallest absolute Gasteiger partial charge is 0.252 e. The summed E-state index contributed by atoms with van der Waals surface area (Å²) in [6, 6.07) is 5.48. The minimum Gasteiger partial charge on any atom is -0.350 e. The molecule has 3 N–H and O–H groups in total. The Labute approximate surface area is 131 Å². The van der Waals surface area contributed by atoms with Crippen LogP contribution in [-0.2, 0) is 0 Å². The molecule has 0 spiro atoms. The molecule has 3 nitrogen and oxygen atoms in total. The fraction of sp³-hybridized carbons (Fsp3) is 0.533. The van der Waals surface area contributed by atoms with Crippen molar-refractivity contribution in [3.8, 4) is 0 Å². The van der Waals surface area contributed by atoms with Crippen molar-refractivity contribution in [1.82, 2.24) is 5.32 Å². The zero-order valence-electron chi connectivity index (χ0n) is 11.7. The molecule has 1 aromatic rings. The highest BCUT2D eigenvalue weighted by atomic mass is 35.5. The lowest BCUT2D eigenvalue weighted by atomic mass is 9.82. The molecule has 0 saturated heterocycles. The molecular formula is C15H22Cl2N2O. The highest BCUT2D eigenvalue weighted by Crippen LogP contribution is 2.25. The number of carbonyl (C=O) groups is 1. The minimum absolute atomic E-state index is 0. The molecule has 1 aliphatic rings. The monoisotopic (exact) mass is 316 g/mol. The van der Waals surface area contributed by atoms with Gasteiger partial charge in [-0.1, -0.05) is 43.0 Å². The Morgan fingerprint density at radius 1 is 1.35 bits per heavy atom. The van der Waals surface area contributed by atoms with E-state index < -0.39 is 0 Å². The van der Waals surface area contributed by atoms with Gasteiger partial charge in [0.25, 0.3) is 5.91 Å². The average molecular weight is 317 g/mol. The first-order chi connectivity index (χ1) is 9.02. The lowest BCUT2D eigenvalue weighted by Gasteiger charge is -2.33. The van der Waals surface area contributed by atoms with Crippen LogP contribution in [-0.4, -0.2) is 18.0 Å². The molecule has 2 rings (SSSR count). The molecule has 1 fully saturated rings. The van der Waals surface area contributed by atoms with Crippen molar-refractivity contribution in [2.24, 2.45) is 5.73 Å². The summed E-state index contributed by atoms with van der Waals surface area (Å²) < 4.78 is 0. The van der Waals surface area contributed by atoms with Crippen molar-refractivity contribution < 1.29 is 4.79 Å². The van der Waals surface area contributed by atoms with Crippen LogP contribution in [0.5, 0.6) is 0 Å². The van der Waals surface area contributed by atoms with Crippen molar-refractivity contribution in [3.05, 3.63) is 34.3 Å². The van der Waals surface area contributed by atoms with Crippen LogP contribution < -0.4 is 11.1 Å². The zero-order valence-corrected chi connectivity index (χ0v) is 13.3. The Morgan fingerprint density at radius 3 is 2.65 bits per heavy atom. The molecule has 0 radical (unpaired) electrons. The van der Waals surface area contributed by atoms with E-state index in [1.54, 1.807) is 6.07 Å². The van der Waals surface area contributed by atoms with E-state index in [0.29, 0.717) is 17.1 Å². The first-order valence-electron chi connectivity index (χ1n) is 6.84. The van der Waals surface area contributed by atoms with Crippen LogP contribution in [0.2, 0.25) is 5.02 Å². The molecular weight excluding hydrogens is 295 g/mol. The number of carbonyl (C=O) groups excluding carboxylic acids is 1. The van der Waals surface area contributed by atoms with Crippen molar-refractivity contribution in [2.45, 2.75) is 44.6 Å². The van der Waals surface area contributed by atoms with Crippen molar-refractivity contribution >= 4 is 29.9 Å². The molecule has 1 aliphatic carbocycles. The van der Waals surface area contributed by atoms with Gasteiger partial charge in [-0.2, -0.15) is 0 Å². The second-order valence-corrected chi connectivity index (χ2v) is 5.92. The van der Waals surface area contributed by atoms with Gasteiger partial charge in [0.15, 0.2) is 0 Å². The van der Waals surface area contributed by atoms with Gasteiger partial charge in [-0.05, 0) is 31.4 Å². The maximum absolute atomic E-state index is 12.2. The van der Waals surface area contributed by atoms with Crippen LogP contribution >= 0.6 is 24.0 Å². The third kappa shape index (κ3) is 4.11. The second kappa shape index (κ2) is 7.30. The maximum atomic E-state index is 12.2. The van der Waals surface area contributed by atoms with Crippen LogP contribution in [0.1, 0.15) is 48.0 Å². The number of halogens is 2. The third-order valence-corrected chi connectivity index (χ3v) is 4.39. The predicted octanol–water partition coefficient (Wildman–Crippen LogP) is 3.46. The number of benzene rings is 1. The predicted molar refractivity (Wildman–Crippen MR) is 85.8 cm³/mol. The van der Waals surface area contributed by atoms with Crippen molar-refractivity contribution in [1.29, 1.82) is 0 Å². The van der Waals surface area contributed by atoms with E-state index in [1.165, 1.54) is 6.42 Å². The molecule has 0 bridgehead atoms. The molecule has 0 aromatic heterocycles. The summed E-state index contributed by atoms with van der Waals surface area (Å²) in [4.78, 5) is 12.2. The third-order valence-electron chi connectivity index (χ3n) is 3.89. The van der Waals surface area contributed by atoms with Crippen molar-refractivity contribution in [3.63, 3.8) is 0 Å². The molecule has 1 saturated carbocycles. The summed E-state index contributed by atoms with van der Waals surface area (Å²) in [5.41, 5.74) is 7.50. The van der Waals surface area contributed by atoms with Crippen molar-refractivity contribution in [2.75, 3.05) is 6.54 Å². The first kappa shape index (κ1) is 17.3. The highest BCUT2D eigenvalue weighted by molar-refractivity contribution is 6.34. The van der Waals surface area contributed by atoms with Crippen LogP contribution in [0, 0.1) is 6.92 Å². The molecule has 0 atom stereocenters. The lowest BCUT2D eigenvalue weighted by Crippen LogP contribution is -2.51. The molecule has 0 heterocycles. The van der Waals surface area contributed by atoms with E-state index in [9.17, 15) is 4.79 Å². The first-order valence-corrected chi connectivity index (χ1v) is 7.22. The van der Waals surface area contributed by atoms with Gasteiger partial charge in [-0.25, -0.2) is 0 Å². The van der Waals surface area contributed by atoms with Gasteiger partial charge < -0.3 is 11.1 Å². The Kier molecular flexibility index (Phi) is 6.31. The van der Waals surface area contributed by atoms with Gasteiger partial charge in [0.1, 0.15) is 0 Å². The molecule has 0 aliphatic heterocycles. The standard InChI is InChI=1S/C15H21ClN2O.ClH/c1-11-6-5-7-12(13(11)16)14(19)18-10-15(17)8-3-2-4-9-15;/h5-7H,2-4,8-10,17H2,1H3,(H,18,19);1H. The van der Waals surface area contributed by atoms with Crippen LogP contribution in [0.3, 0.4) is 0 Å². The topological polar surface area (TPSA) is 55.1 Å². The second-order valence-electron chi connectivity index (χ2n) is 5.54. The summed E-state index contributed by atoms with van der Waals surface area (Å²) in [6.07, 6.45) is 5.51. The maximum Gasteiger partial charge on any atom is 0.252 e. The molecule has 5 heteroatoms. The Bertz CT molecular complexity index is 471. The van der Waals surface area contributed by atoms with Crippen LogP contribution in [0.25, 0.3) is 0 Å². The summed E-state index contributed by atoms with van der Waals surface area (Å²) in [6.45, 7) is 2.42. The van der Waals surface area contributed by atoms with Crippen LogP contribution in [0.4, 0.5) is 0 Å². The summed E-state index contributed by atoms with van der Waals surface area (Å²) in [5.74, 6) is -0.135. The zero-order chi connectivity index (χ0) is 13.9. The van der Waals surface area contributed by atoms with Crippen LogP contribution in [0.15, 0.2) is 18.2 Å². The molecule has 20 heavy (non-hydrogen) atoms. The summed E-state index contributed by atoms with van der Waals surface area (Å²) in [7, 11) is 0. The highest BCUT2D eigenvalue weighted by Gasteiger charge is 2.28. The molecule has 112 valence electrons. The van der Waals surface area contributed by atoms with E-state index in [1.807, 2.05) is 19.1 Å². The number of hydrogen-bond donors (Lipinski definition) is 2. The average Bonchev–Trinajstić information content (AvgIpc) is 2.40. The van der Waals surface area contributed by atoms with Gasteiger partial charge in [-0.3, -0.25) is 4.79 Å². The lowest BCUT2D eigenvalue weighted by molar-refractivity contribution is 0.0937.